The van der Waals surface area contributed by atoms with Gasteiger partial charge in [0.05, 0.1) is 5.69 Å². The summed E-state index contributed by atoms with van der Waals surface area (Å²) in [5, 5.41) is 0. The van der Waals surface area contributed by atoms with Crippen molar-refractivity contribution in [2.75, 3.05) is 0 Å². The summed E-state index contributed by atoms with van der Waals surface area (Å²) >= 11 is 5.32. The van der Waals surface area contributed by atoms with Gasteiger partial charge in [-0.25, -0.2) is 0 Å². The van der Waals surface area contributed by atoms with Gasteiger partial charge in [0.25, 0.3) is 0 Å². The minimum absolute atomic E-state index is 0.546. The molecule has 2 nitrogen and oxygen atoms in total. The van der Waals surface area contributed by atoms with Crippen LogP contribution in [0.3, 0.4) is 0 Å². The van der Waals surface area contributed by atoms with Crippen LogP contribution in [-0.4, -0.2) is 10.9 Å². The Labute approximate surface area is 106 Å². The monoisotopic (exact) mass is 243 g/mol. The van der Waals surface area contributed by atoms with Gasteiger partial charge in [-0.05, 0) is 37.1 Å². The Morgan fingerprint density at radius 3 is 2.35 bits per heavy atom. The van der Waals surface area contributed by atoms with Crippen molar-refractivity contribution in [2.24, 2.45) is 0 Å². The minimum Gasteiger partial charge on any atom is -0.307 e. The van der Waals surface area contributed by atoms with Crippen LogP contribution in [0, 0.1) is 18.5 Å². The Morgan fingerprint density at radius 1 is 1.12 bits per heavy atom. The third-order valence-electron chi connectivity index (χ3n) is 2.78. The molecule has 0 saturated carbocycles. The van der Waals surface area contributed by atoms with Gasteiger partial charge in [-0.2, -0.15) is 0 Å². The maximum atomic E-state index is 10.9. The zero-order valence-corrected chi connectivity index (χ0v) is 10.6. The third-order valence-corrected chi connectivity index (χ3v) is 3.22. The lowest BCUT2D eigenvalue weighted by Crippen LogP contribution is -2.03. The highest BCUT2D eigenvalue weighted by Crippen LogP contribution is 2.19. The molecule has 86 valence electrons. The summed E-state index contributed by atoms with van der Waals surface area (Å²) in [4.78, 5) is 10.9. The molecule has 0 N–H and O–H groups in total. The smallest absolute Gasteiger partial charge is 0.153 e. The molecule has 1 aromatic heterocycles. The number of aryl methyl sites for hydroxylation is 2. The normalized spacial score (nSPS) is 10.2. The van der Waals surface area contributed by atoms with Crippen molar-refractivity contribution in [1.29, 1.82) is 0 Å². The van der Waals surface area contributed by atoms with E-state index < -0.39 is 0 Å². The van der Waals surface area contributed by atoms with Gasteiger partial charge in [0.1, 0.15) is 4.64 Å². The number of hydrogen-bond donors (Lipinski definition) is 0. The Hall–Kier alpha value is -1.74. The number of hydrogen-bond acceptors (Lipinski definition) is 2. The molecule has 0 aliphatic rings. The largest absolute Gasteiger partial charge is 0.307 e. The molecule has 3 heteroatoms. The van der Waals surface area contributed by atoms with E-state index in [0.717, 1.165) is 23.1 Å². The van der Waals surface area contributed by atoms with Crippen molar-refractivity contribution < 1.29 is 4.79 Å². The fourth-order valence-corrected chi connectivity index (χ4v) is 2.23. The minimum atomic E-state index is 0.546. The van der Waals surface area contributed by atoms with E-state index in [2.05, 4.69) is 0 Å². The number of rotatable bonds is 2. The quantitative estimate of drug-likeness (QED) is 0.593. The molecule has 0 aliphatic carbocycles. The van der Waals surface area contributed by atoms with Gasteiger partial charge in [-0.3, -0.25) is 4.79 Å². The maximum Gasteiger partial charge on any atom is 0.153 e. The van der Waals surface area contributed by atoms with Crippen molar-refractivity contribution in [2.45, 2.75) is 13.8 Å². The predicted octanol–water partition coefficient (Wildman–Crippen LogP) is 3.64. The van der Waals surface area contributed by atoms with Gasteiger partial charge in [0.2, 0.25) is 0 Å². The van der Waals surface area contributed by atoms with Crippen LogP contribution in [0.2, 0.25) is 0 Å². The molecule has 0 atom stereocenters. The number of benzene rings is 1. The highest BCUT2D eigenvalue weighted by Gasteiger charge is 2.06. The molecule has 0 fully saturated rings. The molecule has 0 aliphatic heterocycles. The van der Waals surface area contributed by atoms with Crippen LogP contribution < -0.4 is 0 Å². The summed E-state index contributed by atoms with van der Waals surface area (Å²) in [6, 6.07) is 9.67. The molecule has 1 aromatic carbocycles. The predicted molar refractivity (Wildman–Crippen MR) is 71.5 cm³/mol. The summed E-state index contributed by atoms with van der Waals surface area (Å²) in [7, 11) is 0. The van der Waals surface area contributed by atoms with Crippen LogP contribution in [0.4, 0.5) is 0 Å². The fourth-order valence-electron chi connectivity index (χ4n) is 1.96. The van der Waals surface area contributed by atoms with Crippen LogP contribution in [0.1, 0.15) is 21.5 Å². The maximum absolute atomic E-state index is 10.9. The Bertz CT molecular complexity index is 608. The average Bonchev–Trinajstić information content (AvgIpc) is 2.31. The van der Waals surface area contributed by atoms with Gasteiger partial charge >= 0.3 is 0 Å². The summed E-state index contributed by atoms with van der Waals surface area (Å²) in [5.74, 6) is 0. The van der Waals surface area contributed by atoms with Crippen LogP contribution in [-0.2, 0) is 0 Å². The third kappa shape index (κ3) is 2.06. The Morgan fingerprint density at radius 2 is 1.76 bits per heavy atom. The van der Waals surface area contributed by atoms with Gasteiger partial charge in [-0.1, -0.05) is 30.4 Å². The lowest BCUT2D eigenvalue weighted by molar-refractivity contribution is 0.112. The molecule has 17 heavy (non-hydrogen) atoms. The second-order valence-electron chi connectivity index (χ2n) is 4.00. The van der Waals surface area contributed by atoms with E-state index in [1.165, 1.54) is 0 Å². The molecule has 1 heterocycles. The zero-order chi connectivity index (χ0) is 12.4. The number of pyridine rings is 1. The van der Waals surface area contributed by atoms with Gasteiger partial charge < -0.3 is 4.57 Å². The summed E-state index contributed by atoms with van der Waals surface area (Å²) in [6.45, 7) is 4.08. The van der Waals surface area contributed by atoms with E-state index in [1.807, 2.05) is 48.9 Å². The molecule has 0 spiro atoms. The van der Waals surface area contributed by atoms with E-state index in [4.69, 9.17) is 12.2 Å². The number of aldehydes is 1. The van der Waals surface area contributed by atoms with Gasteiger partial charge in [0.15, 0.2) is 6.29 Å². The molecule has 0 saturated heterocycles. The molecule has 2 aromatic rings. The summed E-state index contributed by atoms with van der Waals surface area (Å²) in [5.41, 5.74) is 3.89. The number of carbonyl (C=O) groups is 1. The summed E-state index contributed by atoms with van der Waals surface area (Å²) in [6.07, 6.45) is 2.69. The van der Waals surface area contributed by atoms with E-state index >= 15 is 0 Å². The Kier molecular flexibility index (Phi) is 3.20. The van der Waals surface area contributed by atoms with Crippen LogP contribution >= 0.6 is 12.2 Å². The van der Waals surface area contributed by atoms with Crippen molar-refractivity contribution in [3.8, 4) is 5.69 Å². The fraction of sp³-hybridized carbons (Fsp3) is 0.143. The van der Waals surface area contributed by atoms with Crippen LogP contribution in [0.25, 0.3) is 5.69 Å². The van der Waals surface area contributed by atoms with Crippen molar-refractivity contribution >= 4 is 18.5 Å². The van der Waals surface area contributed by atoms with Gasteiger partial charge in [0, 0.05) is 11.8 Å². The number of carbonyl (C=O) groups excluding carboxylic acids is 1. The zero-order valence-electron chi connectivity index (χ0n) is 9.81. The van der Waals surface area contributed by atoms with E-state index in [9.17, 15) is 4.79 Å². The van der Waals surface area contributed by atoms with Crippen molar-refractivity contribution in [3.05, 3.63) is 57.9 Å². The summed E-state index contributed by atoms with van der Waals surface area (Å²) < 4.78 is 2.45. The van der Waals surface area contributed by atoms with Crippen molar-refractivity contribution in [1.82, 2.24) is 4.57 Å². The molecule has 2 rings (SSSR count). The molecular formula is C14H13NOS. The standard InChI is InChI=1S/C14H13NOS/c1-10-5-3-6-11(2)13(10)15-8-4-7-12(9-16)14(15)17/h3-9H,1-2H3. The highest BCUT2D eigenvalue weighted by molar-refractivity contribution is 7.71. The Balaban J connectivity index is 2.78. The van der Waals surface area contributed by atoms with Gasteiger partial charge in [-0.15, -0.1) is 0 Å². The van der Waals surface area contributed by atoms with Crippen LogP contribution in [0.5, 0.6) is 0 Å². The number of nitrogens with zero attached hydrogens (tertiary/aromatic N) is 1. The first kappa shape index (κ1) is 11.7. The van der Waals surface area contributed by atoms with Crippen molar-refractivity contribution in [3.63, 3.8) is 0 Å². The van der Waals surface area contributed by atoms with E-state index in [1.54, 1.807) is 6.07 Å². The lowest BCUT2D eigenvalue weighted by atomic mass is 10.1. The topological polar surface area (TPSA) is 22.0 Å². The highest BCUT2D eigenvalue weighted by atomic mass is 32.1. The van der Waals surface area contributed by atoms with Crippen LogP contribution in [0.15, 0.2) is 36.5 Å². The molecule has 0 unspecified atom stereocenters. The molecule has 0 radical (unpaired) electrons. The number of para-hydroxylation sites is 1. The molecular weight excluding hydrogens is 230 g/mol. The first-order valence-electron chi connectivity index (χ1n) is 5.38. The van der Waals surface area contributed by atoms with E-state index in [-0.39, 0.29) is 0 Å². The second-order valence-corrected chi connectivity index (χ2v) is 4.38. The van der Waals surface area contributed by atoms with E-state index in [0.29, 0.717) is 10.2 Å². The first-order valence-corrected chi connectivity index (χ1v) is 5.79. The average molecular weight is 243 g/mol. The molecule has 0 amide bonds. The number of aromatic nitrogens is 1. The first-order chi connectivity index (χ1) is 8.15. The lowest BCUT2D eigenvalue weighted by Gasteiger charge is -2.13. The second kappa shape index (κ2) is 4.63. The SMILES string of the molecule is Cc1cccc(C)c1-n1cccc(C=O)c1=S. The molecule has 0 bridgehead atoms.